The van der Waals surface area contributed by atoms with Gasteiger partial charge in [-0.25, -0.2) is 0 Å². The molecule has 0 radical (unpaired) electrons. The van der Waals surface area contributed by atoms with E-state index in [2.05, 4.69) is 36.3 Å². The summed E-state index contributed by atoms with van der Waals surface area (Å²) in [7, 11) is 0. The van der Waals surface area contributed by atoms with E-state index in [9.17, 15) is 0 Å². The fourth-order valence-corrected chi connectivity index (χ4v) is 1.45. The molecule has 3 N–H and O–H groups in total. The van der Waals surface area contributed by atoms with Gasteiger partial charge in [-0.2, -0.15) is 0 Å². The lowest BCUT2D eigenvalue weighted by molar-refractivity contribution is 0.461. The Labute approximate surface area is 90.4 Å². The largest absolute Gasteiger partial charge is 0.406 e. The van der Waals surface area contributed by atoms with Crippen molar-refractivity contribution in [2.45, 2.75) is 46.2 Å². The van der Waals surface area contributed by atoms with Crippen LogP contribution in [0.2, 0.25) is 0 Å². The van der Waals surface area contributed by atoms with Gasteiger partial charge in [0.05, 0.1) is 6.04 Å². The Morgan fingerprint density at radius 1 is 1.27 bits per heavy atom. The molecule has 0 saturated heterocycles. The van der Waals surface area contributed by atoms with Crippen molar-refractivity contribution in [2.24, 2.45) is 11.7 Å². The fraction of sp³-hybridized carbons (Fsp3) is 0.800. The van der Waals surface area contributed by atoms with Gasteiger partial charge in [0.2, 0.25) is 5.89 Å². The van der Waals surface area contributed by atoms with Crippen LogP contribution in [-0.4, -0.2) is 16.2 Å². The predicted molar refractivity (Wildman–Crippen MR) is 59.4 cm³/mol. The van der Waals surface area contributed by atoms with Crippen molar-refractivity contribution in [2.75, 3.05) is 5.32 Å². The van der Waals surface area contributed by atoms with Crippen LogP contribution in [0.1, 0.15) is 46.0 Å². The van der Waals surface area contributed by atoms with E-state index in [0.717, 1.165) is 6.42 Å². The Balaban J connectivity index is 2.49. The quantitative estimate of drug-likeness (QED) is 0.780. The molecule has 5 nitrogen and oxygen atoms in total. The van der Waals surface area contributed by atoms with Gasteiger partial charge in [-0.05, 0) is 26.2 Å². The number of hydrogen-bond donors (Lipinski definition) is 2. The SMILES string of the molecule is CC(C)CC(C)Nc1nnc(C(C)N)o1. The summed E-state index contributed by atoms with van der Waals surface area (Å²) in [6.07, 6.45) is 1.07. The Morgan fingerprint density at radius 2 is 1.93 bits per heavy atom. The van der Waals surface area contributed by atoms with E-state index in [-0.39, 0.29) is 6.04 Å². The summed E-state index contributed by atoms with van der Waals surface area (Å²) < 4.78 is 5.34. The molecule has 86 valence electrons. The van der Waals surface area contributed by atoms with Crippen molar-refractivity contribution in [3.8, 4) is 0 Å². The molecule has 0 saturated carbocycles. The molecule has 2 unspecified atom stereocenters. The van der Waals surface area contributed by atoms with Crippen LogP contribution < -0.4 is 11.1 Å². The van der Waals surface area contributed by atoms with Gasteiger partial charge in [0, 0.05) is 6.04 Å². The van der Waals surface area contributed by atoms with Gasteiger partial charge in [0.1, 0.15) is 0 Å². The predicted octanol–water partition coefficient (Wildman–Crippen LogP) is 1.94. The van der Waals surface area contributed by atoms with Crippen LogP contribution in [0.15, 0.2) is 4.42 Å². The number of nitrogens with one attached hydrogen (secondary N) is 1. The highest BCUT2D eigenvalue weighted by molar-refractivity contribution is 5.19. The minimum absolute atomic E-state index is 0.214. The third-order valence-corrected chi connectivity index (χ3v) is 2.02. The molecule has 0 aliphatic carbocycles. The van der Waals surface area contributed by atoms with E-state index in [4.69, 9.17) is 10.2 Å². The Hall–Kier alpha value is -1.10. The molecule has 0 aliphatic rings. The molecular formula is C10H20N4O. The summed E-state index contributed by atoms with van der Waals surface area (Å²) in [5.74, 6) is 1.11. The monoisotopic (exact) mass is 212 g/mol. The maximum absolute atomic E-state index is 5.61. The van der Waals surface area contributed by atoms with E-state index >= 15 is 0 Å². The summed E-state index contributed by atoms with van der Waals surface area (Å²) >= 11 is 0. The van der Waals surface area contributed by atoms with Crippen molar-refractivity contribution in [3.05, 3.63) is 5.89 Å². The third-order valence-electron chi connectivity index (χ3n) is 2.02. The Bertz CT molecular complexity index is 295. The van der Waals surface area contributed by atoms with Gasteiger partial charge < -0.3 is 15.5 Å². The minimum Gasteiger partial charge on any atom is -0.406 e. The highest BCUT2D eigenvalue weighted by atomic mass is 16.4. The normalized spacial score (nSPS) is 15.3. The Morgan fingerprint density at radius 3 is 2.40 bits per heavy atom. The average molecular weight is 212 g/mol. The van der Waals surface area contributed by atoms with Crippen LogP contribution in [0.25, 0.3) is 0 Å². The molecule has 0 aromatic carbocycles. The van der Waals surface area contributed by atoms with Crippen LogP contribution in [0.4, 0.5) is 6.01 Å². The number of nitrogens with zero attached hydrogens (tertiary/aromatic N) is 2. The number of anilines is 1. The molecule has 0 spiro atoms. The van der Waals surface area contributed by atoms with Crippen molar-refractivity contribution < 1.29 is 4.42 Å². The lowest BCUT2D eigenvalue weighted by Crippen LogP contribution is -2.17. The fourth-order valence-electron chi connectivity index (χ4n) is 1.45. The summed E-state index contributed by atoms with van der Waals surface area (Å²) in [5, 5.41) is 10.9. The Kier molecular flexibility index (Phi) is 4.08. The van der Waals surface area contributed by atoms with Gasteiger partial charge >= 0.3 is 6.01 Å². The van der Waals surface area contributed by atoms with Crippen molar-refractivity contribution in [1.29, 1.82) is 0 Å². The zero-order valence-corrected chi connectivity index (χ0v) is 9.82. The maximum atomic E-state index is 5.61. The second kappa shape index (κ2) is 5.11. The smallest absolute Gasteiger partial charge is 0.315 e. The van der Waals surface area contributed by atoms with Gasteiger partial charge in [-0.15, -0.1) is 5.10 Å². The molecule has 5 heteroatoms. The topological polar surface area (TPSA) is 77.0 Å². The highest BCUT2D eigenvalue weighted by Gasteiger charge is 2.12. The molecule has 0 fully saturated rings. The van der Waals surface area contributed by atoms with Crippen LogP contribution in [-0.2, 0) is 0 Å². The number of aromatic nitrogens is 2. The van der Waals surface area contributed by atoms with E-state index < -0.39 is 0 Å². The van der Waals surface area contributed by atoms with Gasteiger partial charge in [-0.3, -0.25) is 0 Å². The zero-order valence-electron chi connectivity index (χ0n) is 9.82. The summed E-state index contributed by atoms with van der Waals surface area (Å²) in [5.41, 5.74) is 5.61. The van der Waals surface area contributed by atoms with E-state index in [0.29, 0.717) is 23.9 Å². The molecule has 0 aliphatic heterocycles. The second-order valence-corrected chi connectivity index (χ2v) is 4.41. The van der Waals surface area contributed by atoms with Crippen molar-refractivity contribution in [3.63, 3.8) is 0 Å². The molecule has 0 amide bonds. The zero-order chi connectivity index (χ0) is 11.4. The number of hydrogen-bond acceptors (Lipinski definition) is 5. The molecule has 1 heterocycles. The molecule has 0 bridgehead atoms. The van der Waals surface area contributed by atoms with Crippen LogP contribution in [0.3, 0.4) is 0 Å². The van der Waals surface area contributed by atoms with Crippen LogP contribution in [0.5, 0.6) is 0 Å². The molecule has 1 rings (SSSR count). The minimum atomic E-state index is -0.214. The van der Waals surface area contributed by atoms with Gasteiger partial charge in [-0.1, -0.05) is 18.9 Å². The standard InChI is InChI=1S/C10H20N4O/c1-6(2)5-7(3)12-10-14-13-9(15-10)8(4)11/h6-8H,5,11H2,1-4H3,(H,12,14). The first kappa shape index (κ1) is 12.0. The summed E-state index contributed by atoms with van der Waals surface area (Å²) in [6.45, 7) is 8.27. The molecular weight excluding hydrogens is 192 g/mol. The van der Waals surface area contributed by atoms with Gasteiger partial charge in [0.15, 0.2) is 0 Å². The molecule has 2 atom stereocenters. The molecule has 15 heavy (non-hydrogen) atoms. The van der Waals surface area contributed by atoms with Crippen LogP contribution >= 0.6 is 0 Å². The summed E-state index contributed by atoms with van der Waals surface area (Å²) in [4.78, 5) is 0. The lowest BCUT2D eigenvalue weighted by Gasteiger charge is -2.13. The van der Waals surface area contributed by atoms with E-state index in [1.807, 2.05) is 6.92 Å². The number of rotatable bonds is 5. The van der Waals surface area contributed by atoms with Gasteiger partial charge in [0.25, 0.3) is 0 Å². The maximum Gasteiger partial charge on any atom is 0.315 e. The van der Waals surface area contributed by atoms with E-state index in [1.165, 1.54) is 0 Å². The second-order valence-electron chi connectivity index (χ2n) is 4.41. The first-order valence-electron chi connectivity index (χ1n) is 5.34. The summed E-state index contributed by atoms with van der Waals surface area (Å²) in [6, 6.07) is 0.565. The van der Waals surface area contributed by atoms with E-state index in [1.54, 1.807) is 0 Å². The third kappa shape index (κ3) is 3.87. The number of nitrogens with two attached hydrogens (primary N) is 1. The highest BCUT2D eigenvalue weighted by Crippen LogP contribution is 2.14. The first-order valence-corrected chi connectivity index (χ1v) is 5.34. The lowest BCUT2D eigenvalue weighted by atomic mass is 10.1. The molecule has 1 aromatic heterocycles. The van der Waals surface area contributed by atoms with Crippen LogP contribution in [0, 0.1) is 5.92 Å². The van der Waals surface area contributed by atoms with Crippen molar-refractivity contribution >= 4 is 6.01 Å². The van der Waals surface area contributed by atoms with Crippen molar-refractivity contribution in [1.82, 2.24) is 10.2 Å². The molecule has 1 aromatic rings. The average Bonchev–Trinajstić information content (AvgIpc) is 2.50. The first-order chi connectivity index (χ1) is 6.99.